The molecule has 1 N–H and O–H groups in total. The number of carbonyl (C=O) groups is 2. The Kier molecular flexibility index (Phi) is 12.1. The molecule has 0 spiro atoms. The number of thioether (sulfide) groups is 1. The molecule has 0 radical (unpaired) electrons. The standard InChI is InChI=1S/C35H39N3O5S2/c1-4-36-35(40)32(24-27-14-8-6-9-15-27)37(25-28-16-10-7-11-17-28)34(39)26-38(31-18-12-13-19-33(31)43-5-2)45(41,42)30-22-20-29(44-3)21-23-30/h6-23,32H,4-5,24-26H2,1-3H3,(H,36,40)/t32-/m0/s1. The highest BCUT2D eigenvalue weighted by atomic mass is 32.2. The van der Waals surface area contributed by atoms with Gasteiger partial charge in [0.15, 0.2) is 0 Å². The third-order valence-corrected chi connectivity index (χ3v) is 9.70. The van der Waals surface area contributed by atoms with Crippen molar-refractivity contribution in [1.29, 1.82) is 0 Å². The summed E-state index contributed by atoms with van der Waals surface area (Å²) < 4.78 is 35.5. The summed E-state index contributed by atoms with van der Waals surface area (Å²) in [5, 5.41) is 2.88. The summed E-state index contributed by atoms with van der Waals surface area (Å²) in [6, 6.07) is 31.2. The first-order chi connectivity index (χ1) is 21.8. The molecule has 0 aliphatic heterocycles. The van der Waals surface area contributed by atoms with Crippen molar-refractivity contribution in [3.63, 3.8) is 0 Å². The summed E-state index contributed by atoms with van der Waals surface area (Å²) in [5.74, 6) is -0.514. The van der Waals surface area contributed by atoms with Crippen molar-refractivity contribution >= 4 is 39.3 Å². The lowest BCUT2D eigenvalue weighted by Crippen LogP contribution is -2.53. The topological polar surface area (TPSA) is 96.0 Å². The average Bonchev–Trinajstić information content (AvgIpc) is 3.06. The summed E-state index contributed by atoms with van der Waals surface area (Å²) in [7, 11) is -4.24. The fraction of sp³-hybridized carbons (Fsp3) is 0.257. The zero-order chi connectivity index (χ0) is 32.2. The molecule has 0 heterocycles. The molecule has 4 rings (SSSR count). The van der Waals surface area contributed by atoms with Crippen molar-refractivity contribution in [2.24, 2.45) is 0 Å². The summed E-state index contributed by atoms with van der Waals surface area (Å²) in [6.45, 7) is 3.88. The van der Waals surface area contributed by atoms with Gasteiger partial charge in [0.2, 0.25) is 11.8 Å². The van der Waals surface area contributed by atoms with Crippen LogP contribution in [0.4, 0.5) is 5.69 Å². The number of likely N-dealkylation sites (N-methyl/N-ethyl adjacent to an activating group) is 1. The van der Waals surface area contributed by atoms with Gasteiger partial charge in [-0.15, -0.1) is 11.8 Å². The summed E-state index contributed by atoms with van der Waals surface area (Å²) in [6.07, 6.45) is 2.17. The summed E-state index contributed by atoms with van der Waals surface area (Å²) in [5.41, 5.74) is 1.92. The number of amides is 2. The second-order valence-corrected chi connectivity index (χ2v) is 12.9. The molecule has 1 atom stereocenters. The Hall–Kier alpha value is -4.28. The maximum Gasteiger partial charge on any atom is 0.264 e. The third kappa shape index (κ3) is 8.67. The van der Waals surface area contributed by atoms with E-state index in [-0.39, 0.29) is 29.5 Å². The van der Waals surface area contributed by atoms with E-state index in [0.717, 1.165) is 20.3 Å². The fourth-order valence-electron chi connectivity index (χ4n) is 4.96. The number of hydrogen-bond acceptors (Lipinski definition) is 6. The Morgan fingerprint density at radius 1 is 0.822 bits per heavy atom. The third-order valence-electron chi connectivity index (χ3n) is 7.18. The minimum atomic E-state index is -4.24. The maximum atomic E-state index is 14.5. The largest absolute Gasteiger partial charge is 0.492 e. The van der Waals surface area contributed by atoms with Gasteiger partial charge in [-0.3, -0.25) is 13.9 Å². The van der Waals surface area contributed by atoms with Crippen LogP contribution < -0.4 is 14.4 Å². The first-order valence-electron chi connectivity index (χ1n) is 14.8. The number of para-hydroxylation sites is 2. The predicted octanol–water partition coefficient (Wildman–Crippen LogP) is 5.78. The monoisotopic (exact) mass is 645 g/mol. The van der Waals surface area contributed by atoms with Gasteiger partial charge < -0.3 is 15.0 Å². The van der Waals surface area contributed by atoms with Crippen molar-refractivity contribution < 1.29 is 22.7 Å². The Bertz CT molecular complexity index is 1650. The smallest absolute Gasteiger partial charge is 0.264 e. The molecule has 4 aromatic carbocycles. The molecular formula is C35H39N3O5S2. The number of benzene rings is 4. The molecule has 0 saturated carbocycles. The Labute approximate surface area is 270 Å². The first kappa shape index (κ1) is 33.6. The van der Waals surface area contributed by atoms with Gasteiger partial charge in [-0.05, 0) is 67.6 Å². The molecule has 0 aliphatic carbocycles. The number of sulfonamides is 1. The molecule has 0 aromatic heterocycles. The van der Waals surface area contributed by atoms with Gasteiger partial charge in [0.25, 0.3) is 10.0 Å². The lowest BCUT2D eigenvalue weighted by Gasteiger charge is -2.34. The molecule has 8 nitrogen and oxygen atoms in total. The van der Waals surface area contributed by atoms with Crippen LogP contribution in [0.3, 0.4) is 0 Å². The number of nitrogens with one attached hydrogen (secondary N) is 1. The van der Waals surface area contributed by atoms with Gasteiger partial charge in [-0.2, -0.15) is 0 Å². The van der Waals surface area contributed by atoms with Crippen LogP contribution in [0.25, 0.3) is 0 Å². The zero-order valence-corrected chi connectivity index (χ0v) is 27.4. The highest BCUT2D eigenvalue weighted by Gasteiger charge is 2.35. The lowest BCUT2D eigenvalue weighted by molar-refractivity contribution is -0.140. The highest BCUT2D eigenvalue weighted by Crippen LogP contribution is 2.33. The van der Waals surface area contributed by atoms with Gasteiger partial charge in [0, 0.05) is 24.4 Å². The van der Waals surface area contributed by atoms with E-state index in [4.69, 9.17) is 4.74 Å². The molecule has 0 unspecified atom stereocenters. The first-order valence-corrected chi connectivity index (χ1v) is 17.5. The van der Waals surface area contributed by atoms with Crippen molar-refractivity contribution in [2.45, 2.75) is 42.6 Å². The van der Waals surface area contributed by atoms with Crippen molar-refractivity contribution in [3.05, 3.63) is 120 Å². The summed E-state index contributed by atoms with van der Waals surface area (Å²) in [4.78, 5) is 30.5. The van der Waals surface area contributed by atoms with Crippen LogP contribution in [0.2, 0.25) is 0 Å². The normalized spacial score (nSPS) is 11.8. The number of anilines is 1. The molecule has 0 fully saturated rings. The van der Waals surface area contributed by atoms with Crippen LogP contribution in [0, 0.1) is 0 Å². The number of nitrogens with zero attached hydrogens (tertiary/aromatic N) is 2. The number of carbonyl (C=O) groups excluding carboxylic acids is 2. The van der Waals surface area contributed by atoms with Crippen LogP contribution in [0.1, 0.15) is 25.0 Å². The van der Waals surface area contributed by atoms with E-state index in [1.165, 1.54) is 28.8 Å². The maximum absolute atomic E-state index is 14.5. The summed E-state index contributed by atoms with van der Waals surface area (Å²) >= 11 is 1.50. The van der Waals surface area contributed by atoms with Crippen LogP contribution in [0.15, 0.2) is 119 Å². The van der Waals surface area contributed by atoms with E-state index < -0.39 is 28.5 Å². The van der Waals surface area contributed by atoms with E-state index in [1.807, 2.05) is 80.8 Å². The van der Waals surface area contributed by atoms with Crippen LogP contribution >= 0.6 is 11.8 Å². The Morgan fingerprint density at radius 3 is 2.02 bits per heavy atom. The van der Waals surface area contributed by atoms with Crippen molar-refractivity contribution in [2.75, 3.05) is 30.3 Å². The molecule has 2 amide bonds. The number of hydrogen-bond donors (Lipinski definition) is 1. The van der Waals surface area contributed by atoms with Gasteiger partial charge in [-0.25, -0.2) is 8.42 Å². The molecule has 10 heteroatoms. The van der Waals surface area contributed by atoms with E-state index >= 15 is 0 Å². The van der Waals surface area contributed by atoms with Gasteiger partial charge in [0.05, 0.1) is 17.2 Å². The molecule has 236 valence electrons. The predicted molar refractivity (Wildman–Crippen MR) is 180 cm³/mol. The molecule has 4 aromatic rings. The lowest BCUT2D eigenvalue weighted by atomic mass is 10.0. The van der Waals surface area contributed by atoms with Crippen molar-refractivity contribution in [1.82, 2.24) is 10.2 Å². The SMILES string of the molecule is CCNC(=O)[C@H](Cc1ccccc1)N(Cc1ccccc1)C(=O)CN(c1ccccc1OCC)S(=O)(=O)c1ccc(SC)cc1. The fourth-order valence-corrected chi connectivity index (χ4v) is 6.79. The number of rotatable bonds is 15. The molecule has 0 bridgehead atoms. The van der Waals surface area contributed by atoms with Gasteiger partial charge in [0.1, 0.15) is 18.3 Å². The number of ether oxygens (including phenoxy) is 1. The highest BCUT2D eigenvalue weighted by molar-refractivity contribution is 7.98. The van der Waals surface area contributed by atoms with Gasteiger partial charge >= 0.3 is 0 Å². The van der Waals surface area contributed by atoms with E-state index in [0.29, 0.717) is 18.9 Å². The Balaban J connectivity index is 1.82. The molecule has 45 heavy (non-hydrogen) atoms. The van der Waals surface area contributed by atoms with E-state index in [2.05, 4.69) is 5.32 Å². The van der Waals surface area contributed by atoms with Crippen molar-refractivity contribution in [3.8, 4) is 5.75 Å². The molecule has 0 saturated heterocycles. The minimum Gasteiger partial charge on any atom is -0.492 e. The Morgan fingerprint density at radius 2 is 1.42 bits per heavy atom. The average molecular weight is 646 g/mol. The minimum absolute atomic E-state index is 0.0403. The van der Waals surface area contributed by atoms with E-state index in [9.17, 15) is 18.0 Å². The zero-order valence-electron chi connectivity index (χ0n) is 25.8. The van der Waals surface area contributed by atoms with E-state index in [1.54, 1.807) is 36.4 Å². The van der Waals surface area contributed by atoms with Gasteiger partial charge in [-0.1, -0.05) is 72.8 Å². The quantitative estimate of drug-likeness (QED) is 0.165. The van der Waals surface area contributed by atoms with Crippen LogP contribution in [-0.2, 0) is 32.6 Å². The molecular weight excluding hydrogens is 607 g/mol. The van der Waals surface area contributed by atoms with Crippen LogP contribution in [0.5, 0.6) is 5.75 Å². The second-order valence-electron chi connectivity index (χ2n) is 10.2. The van der Waals surface area contributed by atoms with Crippen LogP contribution in [-0.4, -0.2) is 57.1 Å². The molecule has 0 aliphatic rings. The second kappa shape index (κ2) is 16.2.